The monoisotopic (exact) mass is 466 g/mol. The lowest BCUT2D eigenvalue weighted by Gasteiger charge is -2.29. The van der Waals surface area contributed by atoms with E-state index < -0.39 is 6.04 Å². The summed E-state index contributed by atoms with van der Waals surface area (Å²) in [6, 6.07) is 14.8. The SMILES string of the molecule is CCCNC(=O)[C@@H](C)N(Cc1ccc(Cl)cc1Cl)C(=O)CCSCc1ccccc1. The number of carbonyl (C=O) groups is 2. The maximum atomic E-state index is 13.0. The van der Waals surface area contributed by atoms with Gasteiger partial charge in [0, 0.05) is 41.1 Å². The van der Waals surface area contributed by atoms with E-state index in [0.717, 1.165) is 17.7 Å². The smallest absolute Gasteiger partial charge is 0.242 e. The molecule has 0 spiro atoms. The summed E-state index contributed by atoms with van der Waals surface area (Å²) in [5.74, 6) is 1.30. The minimum Gasteiger partial charge on any atom is -0.354 e. The molecule has 2 amide bonds. The number of rotatable bonds is 11. The van der Waals surface area contributed by atoms with E-state index in [2.05, 4.69) is 17.4 Å². The number of hydrogen-bond donors (Lipinski definition) is 1. The van der Waals surface area contributed by atoms with Gasteiger partial charge in [0.1, 0.15) is 6.04 Å². The molecule has 2 aromatic rings. The fraction of sp³-hybridized carbons (Fsp3) is 0.391. The summed E-state index contributed by atoms with van der Waals surface area (Å²) in [4.78, 5) is 27.1. The number of benzene rings is 2. The van der Waals surface area contributed by atoms with Crippen LogP contribution in [0, 0.1) is 0 Å². The largest absolute Gasteiger partial charge is 0.354 e. The molecule has 1 atom stereocenters. The first kappa shape index (κ1) is 24.6. The van der Waals surface area contributed by atoms with Gasteiger partial charge in [0.15, 0.2) is 0 Å². The Labute approximate surface area is 193 Å². The highest BCUT2D eigenvalue weighted by Crippen LogP contribution is 2.24. The first-order valence-electron chi connectivity index (χ1n) is 10.0. The molecule has 0 aromatic heterocycles. The van der Waals surface area contributed by atoms with Gasteiger partial charge in [-0.15, -0.1) is 0 Å². The van der Waals surface area contributed by atoms with Crippen molar-refractivity contribution in [2.24, 2.45) is 0 Å². The number of carbonyl (C=O) groups excluding carboxylic acids is 2. The Morgan fingerprint density at radius 3 is 2.53 bits per heavy atom. The molecule has 0 aliphatic heterocycles. The number of hydrogen-bond acceptors (Lipinski definition) is 3. The van der Waals surface area contributed by atoms with Crippen LogP contribution in [-0.2, 0) is 21.9 Å². The molecule has 1 N–H and O–H groups in total. The van der Waals surface area contributed by atoms with Crippen molar-refractivity contribution in [1.29, 1.82) is 0 Å². The predicted octanol–water partition coefficient (Wildman–Crippen LogP) is 5.56. The summed E-state index contributed by atoms with van der Waals surface area (Å²) in [5, 5.41) is 3.89. The Balaban J connectivity index is 2.03. The van der Waals surface area contributed by atoms with Crippen molar-refractivity contribution in [1.82, 2.24) is 10.2 Å². The second-order valence-electron chi connectivity index (χ2n) is 7.01. The fourth-order valence-electron chi connectivity index (χ4n) is 2.88. The van der Waals surface area contributed by atoms with E-state index in [1.54, 1.807) is 41.8 Å². The van der Waals surface area contributed by atoms with Gasteiger partial charge in [0.2, 0.25) is 11.8 Å². The van der Waals surface area contributed by atoms with Crippen LogP contribution in [0.15, 0.2) is 48.5 Å². The molecule has 0 radical (unpaired) electrons. The van der Waals surface area contributed by atoms with Crippen LogP contribution in [-0.4, -0.2) is 35.1 Å². The molecule has 0 aliphatic carbocycles. The molecular formula is C23H28Cl2N2O2S. The van der Waals surface area contributed by atoms with Gasteiger partial charge in [-0.05, 0) is 36.6 Å². The van der Waals surface area contributed by atoms with Crippen LogP contribution in [0.5, 0.6) is 0 Å². The van der Waals surface area contributed by atoms with Gasteiger partial charge < -0.3 is 10.2 Å². The van der Waals surface area contributed by atoms with E-state index in [9.17, 15) is 9.59 Å². The number of nitrogens with zero attached hydrogens (tertiary/aromatic N) is 1. The lowest BCUT2D eigenvalue weighted by molar-refractivity contribution is -0.140. The zero-order chi connectivity index (χ0) is 21.9. The van der Waals surface area contributed by atoms with Gasteiger partial charge in [0.05, 0.1) is 0 Å². The third-order valence-electron chi connectivity index (χ3n) is 4.64. The average Bonchev–Trinajstić information content (AvgIpc) is 2.74. The Kier molecular flexibility index (Phi) is 10.6. The van der Waals surface area contributed by atoms with Gasteiger partial charge in [-0.1, -0.05) is 66.5 Å². The van der Waals surface area contributed by atoms with Crippen molar-refractivity contribution in [2.45, 2.75) is 45.0 Å². The number of halogens is 2. The molecule has 30 heavy (non-hydrogen) atoms. The maximum Gasteiger partial charge on any atom is 0.242 e. The van der Waals surface area contributed by atoms with Crippen LogP contribution in [0.4, 0.5) is 0 Å². The average molecular weight is 467 g/mol. The molecule has 0 saturated heterocycles. The molecule has 4 nitrogen and oxygen atoms in total. The minimum absolute atomic E-state index is 0.0688. The summed E-state index contributed by atoms with van der Waals surface area (Å²) < 4.78 is 0. The molecule has 0 saturated carbocycles. The summed E-state index contributed by atoms with van der Waals surface area (Å²) >= 11 is 14.0. The van der Waals surface area contributed by atoms with E-state index in [1.807, 2.05) is 25.1 Å². The van der Waals surface area contributed by atoms with Crippen LogP contribution >= 0.6 is 35.0 Å². The van der Waals surface area contributed by atoms with Crippen molar-refractivity contribution in [3.8, 4) is 0 Å². The molecular weight excluding hydrogens is 439 g/mol. The lowest BCUT2D eigenvalue weighted by atomic mass is 10.1. The molecule has 0 bridgehead atoms. The highest BCUT2D eigenvalue weighted by atomic mass is 35.5. The van der Waals surface area contributed by atoms with Crippen molar-refractivity contribution in [3.05, 3.63) is 69.7 Å². The topological polar surface area (TPSA) is 49.4 Å². The zero-order valence-corrected chi connectivity index (χ0v) is 19.7. The van der Waals surface area contributed by atoms with Crippen LogP contribution < -0.4 is 5.32 Å². The highest BCUT2D eigenvalue weighted by Gasteiger charge is 2.26. The van der Waals surface area contributed by atoms with Crippen molar-refractivity contribution < 1.29 is 9.59 Å². The first-order valence-corrected chi connectivity index (χ1v) is 12.0. The Morgan fingerprint density at radius 1 is 1.13 bits per heavy atom. The van der Waals surface area contributed by atoms with Gasteiger partial charge in [-0.3, -0.25) is 9.59 Å². The van der Waals surface area contributed by atoms with E-state index in [4.69, 9.17) is 23.2 Å². The normalized spacial score (nSPS) is 11.7. The van der Waals surface area contributed by atoms with Crippen molar-refractivity contribution in [3.63, 3.8) is 0 Å². The summed E-state index contributed by atoms with van der Waals surface area (Å²) in [6.45, 7) is 4.59. The number of thioether (sulfide) groups is 1. The van der Waals surface area contributed by atoms with E-state index in [-0.39, 0.29) is 18.4 Å². The minimum atomic E-state index is -0.588. The molecule has 0 fully saturated rings. The second-order valence-corrected chi connectivity index (χ2v) is 8.96. The highest BCUT2D eigenvalue weighted by molar-refractivity contribution is 7.98. The van der Waals surface area contributed by atoms with Gasteiger partial charge in [0.25, 0.3) is 0 Å². The fourth-order valence-corrected chi connectivity index (χ4v) is 4.24. The van der Waals surface area contributed by atoms with Crippen LogP contribution in [0.25, 0.3) is 0 Å². The summed E-state index contributed by atoms with van der Waals surface area (Å²) in [7, 11) is 0. The first-order chi connectivity index (χ1) is 14.4. The summed E-state index contributed by atoms with van der Waals surface area (Å²) in [6.07, 6.45) is 1.19. The Hall–Kier alpha value is -1.69. The van der Waals surface area contributed by atoms with Gasteiger partial charge >= 0.3 is 0 Å². The third kappa shape index (κ3) is 7.86. The molecule has 162 valence electrons. The summed E-state index contributed by atoms with van der Waals surface area (Å²) in [5.41, 5.74) is 1.99. The van der Waals surface area contributed by atoms with Gasteiger partial charge in [-0.25, -0.2) is 0 Å². The van der Waals surface area contributed by atoms with Crippen molar-refractivity contribution in [2.75, 3.05) is 12.3 Å². The van der Waals surface area contributed by atoms with E-state index in [1.165, 1.54) is 5.56 Å². The van der Waals surface area contributed by atoms with Crippen LogP contribution in [0.2, 0.25) is 10.0 Å². The van der Waals surface area contributed by atoms with Crippen molar-refractivity contribution >= 4 is 46.8 Å². The van der Waals surface area contributed by atoms with Crippen LogP contribution in [0.1, 0.15) is 37.8 Å². The second kappa shape index (κ2) is 12.9. The maximum absolute atomic E-state index is 13.0. The van der Waals surface area contributed by atoms with E-state index >= 15 is 0 Å². The number of nitrogens with one attached hydrogen (secondary N) is 1. The van der Waals surface area contributed by atoms with Gasteiger partial charge in [-0.2, -0.15) is 11.8 Å². The lowest BCUT2D eigenvalue weighted by Crippen LogP contribution is -2.47. The van der Waals surface area contributed by atoms with Crippen LogP contribution in [0.3, 0.4) is 0 Å². The predicted molar refractivity (Wildman–Crippen MR) is 127 cm³/mol. The standard InChI is InChI=1S/C23H28Cl2N2O2S/c1-3-12-26-23(29)17(2)27(15-19-9-10-20(24)14-21(19)25)22(28)11-13-30-16-18-7-5-4-6-8-18/h4-10,14,17H,3,11-13,15-16H2,1-2H3,(H,26,29)/t17-/m1/s1. The number of amides is 2. The zero-order valence-electron chi connectivity index (χ0n) is 17.4. The molecule has 0 heterocycles. The van der Waals surface area contributed by atoms with E-state index in [0.29, 0.717) is 28.8 Å². The molecule has 2 aromatic carbocycles. The molecule has 7 heteroatoms. The quantitative estimate of drug-likeness (QED) is 0.440. The molecule has 2 rings (SSSR count). The molecule has 0 aliphatic rings. The Bertz CT molecular complexity index is 833. The molecule has 0 unspecified atom stereocenters. The Morgan fingerprint density at radius 2 is 1.87 bits per heavy atom. The third-order valence-corrected chi connectivity index (χ3v) is 6.26.